The van der Waals surface area contributed by atoms with Crippen molar-refractivity contribution in [3.63, 3.8) is 0 Å². The molecule has 0 radical (unpaired) electrons. The van der Waals surface area contributed by atoms with E-state index in [4.69, 9.17) is 21.1 Å². The maximum Gasteiger partial charge on any atom is 0.343 e. The normalized spacial score (nSPS) is 10.5. The Bertz CT molecular complexity index is 1180. The SMILES string of the molecule is COc1cc(/C=N/NC(=O)CNC(=O)c2ccccc2Cl)ccc1OC(=O)c1ccccc1. The highest BCUT2D eigenvalue weighted by Crippen LogP contribution is 2.28. The van der Waals surface area contributed by atoms with Crippen LogP contribution in [-0.2, 0) is 4.79 Å². The summed E-state index contributed by atoms with van der Waals surface area (Å²) in [6.07, 6.45) is 1.39. The van der Waals surface area contributed by atoms with Gasteiger partial charge in [-0.3, -0.25) is 9.59 Å². The first-order valence-corrected chi connectivity index (χ1v) is 10.2. The number of hydrogen-bond donors (Lipinski definition) is 2. The summed E-state index contributed by atoms with van der Waals surface area (Å²) in [7, 11) is 1.44. The number of rotatable bonds is 8. The van der Waals surface area contributed by atoms with E-state index in [1.54, 1.807) is 72.8 Å². The molecule has 9 heteroatoms. The summed E-state index contributed by atoms with van der Waals surface area (Å²) in [5, 5.41) is 6.62. The molecule has 0 spiro atoms. The summed E-state index contributed by atoms with van der Waals surface area (Å²) >= 11 is 5.96. The van der Waals surface area contributed by atoms with Crippen LogP contribution in [0.25, 0.3) is 0 Å². The Morgan fingerprint density at radius 3 is 2.42 bits per heavy atom. The van der Waals surface area contributed by atoms with Gasteiger partial charge < -0.3 is 14.8 Å². The number of esters is 1. The monoisotopic (exact) mass is 465 g/mol. The van der Waals surface area contributed by atoms with Gasteiger partial charge in [0.15, 0.2) is 11.5 Å². The molecule has 0 fully saturated rings. The third kappa shape index (κ3) is 6.65. The zero-order chi connectivity index (χ0) is 23.6. The zero-order valence-electron chi connectivity index (χ0n) is 17.6. The summed E-state index contributed by atoms with van der Waals surface area (Å²) in [5.41, 5.74) is 3.59. The minimum absolute atomic E-state index is 0.245. The lowest BCUT2D eigenvalue weighted by Crippen LogP contribution is -2.35. The minimum Gasteiger partial charge on any atom is -0.493 e. The summed E-state index contributed by atoms with van der Waals surface area (Å²) in [6.45, 7) is -0.279. The average molecular weight is 466 g/mol. The van der Waals surface area contributed by atoms with E-state index in [1.807, 2.05) is 0 Å². The molecule has 0 bridgehead atoms. The van der Waals surface area contributed by atoms with Gasteiger partial charge in [0.25, 0.3) is 11.8 Å². The highest BCUT2D eigenvalue weighted by molar-refractivity contribution is 6.33. The fourth-order valence-electron chi connectivity index (χ4n) is 2.70. The van der Waals surface area contributed by atoms with E-state index in [1.165, 1.54) is 13.3 Å². The first-order valence-electron chi connectivity index (χ1n) is 9.78. The molecular weight excluding hydrogens is 446 g/mol. The van der Waals surface area contributed by atoms with Gasteiger partial charge in [-0.25, -0.2) is 10.2 Å². The topological polar surface area (TPSA) is 106 Å². The third-order valence-corrected chi connectivity index (χ3v) is 4.66. The van der Waals surface area contributed by atoms with Crippen LogP contribution in [0.4, 0.5) is 0 Å². The molecule has 3 aromatic carbocycles. The second-order valence-corrected chi connectivity index (χ2v) is 7.03. The number of nitrogens with zero attached hydrogens (tertiary/aromatic N) is 1. The van der Waals surface area contributed by atoms with Crippen molar-refractivity contribution in [2.45, 2.75) is 0 Å². The quantitative estimate of drug-likeness (QED) is 0.229. The standard InChI is InChI=1S/C24H20ClN3O5/c1-32-21-13-16(11-12-20(21)33-24(31)17-7-3-2-4-8-17)14-27-28-22(29)15-26-23(30)18-9-5-6-10-19(18)25/h2-14H,15H2,1H3,(H,26,30)(H,28,29)/b27-14+. The van der Waals surface area contributed by atoms with Crippen molar-refractivity contribution in [1.29, 1.82) is 0 Å². The van der Waals surface area contributed by atoms with Crippen LogP contribution < -0.4 is 20.2 Å². The molecule has 0 aliphatic carbocycles. The number of ether oxygens (including phenoxy) is 2. The van der Waals surface area contributed by atoms with E-state index >= 15 is 0 Å². The Morgan fingerprint density at radius 1 is 0.970 bits per heavy atom. The summed E-state index contributed by atoms with van der Waals surface area (Å²) in [4.78, 5) is 36.2. The number of benzene rings is 3. The van der Waals surface area contributed by atoms with Crippen LogP contribution in [0.3, 0.4) is 0 Å². The van der Waals surface area contributed by atoms with Crippen molar-refractivity contribution in [2.24, 2.45) is 5.10 Å². The van der Waals surface area contributed by atoms with Crippen LogP contribution in [0.5, 0.6) is 11.5 Å². The highest BCUT2D eigenvalue weighted by atomic mass is 35.5. The van der Waals surface area contributed by atoms with Crippen LogP contribution in [0, 0.1) is 0 Å². The van der Waals surface area contributed by atoms with Crippen molar-refractivity contribution in [3.8, 4) is 11.5 Å². The predicted octanol–water partition coefficient (Wildman–Crippen LogP) is 3.45. The molecule has 0 saturated carbocycles. The first-order chi connectivity index (χ1) is 16.0. The van der Waals surface area contributed by atoms with Gasteiger partial charge >= 0.3 is 5.97 Å². The van der Waals surface area contributed by atoms with E-state index in [9.17, 15) is 14.4 Å². The Kier molecular flexibility index (Phi) is 8.15. The molecule has 2 amide bonds. The molecule has 0 aromatic heterocycles. The van der Waals surface area contributed by atoms with Crippen molar-refractivity contribution >= 4 is 35.6 Å². The molecule has 0 atom stereocenters. The molecule has 0 aliphatic heterocycles. The van der Waals surface area contributed by atoms with Gasteiger partial charge in [0.05, 0.1) is 36.0 Å². The van der Waals surface area contributed by atoms with E-state index in [0.717, 1.165) is 0 Å². The number of amides is 2. The van der Waals surface area contributed by atoms with Crippen LogP contribution in [0.15, 0.2) is 77.9 Å². The van der Waals surface area contributed by atoms with E-state index in [0.29, 0.717) is 21.9 Å². The number of methoxy groups -OCH3 is 1. The number of hydrogen-bond acceptors (Lipinski definition) is 6. The maximum absolute atomic E-state index is 12.2. The van der Waals surface area contributed by atoms with Crippen LogP contribution >= 0.6 is 11.6 Å². The Hall–Kier alpha value is -4.17. The molecule has 33 heavy (non-hydrogen) atoms. The fourth-order valence-corrected chi connectivity index (χ4v) is 2.92. The second-order valence-electron chi connectivity index (χ2n) is 6.62. The lowest BCUT2D eigenvalue weighted by atomic mass is 10.2. The zero-order valence-corrected chi connectivity index (χ0v) is 18.3. The van der Waals surface area contributed by atoms with Gasteiger partial charge in [-0.1, -0.05) is 41.9 Å². The van der Waals surface area contributed by atoms with Gasteiger partial charge in [0, 0.05) is 0 Å². The Morgan fingerprint density at radius 2 is 1.70 bits per heavy atom. The molecule has 3 rings (SSSR count). The molecule has 0 unspecified atom stereocenters. The first kappa shape index (κ1) is 23.5. The van der Waals surface area contributed by atoms with Gasteiger partial charge in [-0.15, -0.1) is 0 Å². The summed E-state index contributed by atoms with van der Waals surface area (Å²) < 4.78 is 10.7. The summed E-state index contributed by atoms with van der Waals surface area (Å²) in [5.74, 6) is -0.935. The molecule has 3 aromatic rings. The number of halogens is 1. The molecule has 8 nitrogen and oxygen atoms in total. The maximum atomic E-state index is 12.2. The lowest BCUT2D eigenvalue weighted by molar-refractivity contribution is -0.120. The largest absolute Gasteiger partial charge is 0.493 e. The van der Waals surface area contributed by atoms with Gasteiger partial charge in [-0.2, -0.15) is 5.10 Å². The summed E-state index contributed by atoms with van der Waals surface area (Å²) in [6, 6.07) is 19.9. The smallest absolute Gasteiger partial charge is 0.343 e. The van der Waals surface area contributed by atoms with Crippen molar-refractivity contribution in [2.75, 3.05) is 13.7 Å². The van der Waals surface area contributed by atoms with Crippen LogP contribution in [-0.4, -0.2) is 37.7 Å². The van der Waals surface area contributed by atoms with Crippen molar-refractivity contribution in [1.82, 2.24) is 10.7 Å². The average Bonchev–Trinajstić information content (AvgIpc) is 2.84. The molecule has 0 heterocycles. The third-order valence-electron chi connectivity index (χ3n) is 4.33. The van der Waals surface area contributed by atoms with Gasteiger partial charge in [-0.05, 0) is 48.0 Å². The van der Waals surface area contributed by atoms with Gasteiger partial charge in [0.2, 0.25) is 0 Å². The van der Waals surface area contributed by atoms with E-state index in [-0.39, 0.29) is 17.9 Å². The number of carbonyl (C=O) groups is 3. The molecular formula is C24H20ClN3O5. The number of nitrogens with one attached hydrogen (secondary N) is 2. The van der Waals surface area contributed by atoms with Crippen molar-refractivity contribution in [3.05, 3.63) is 94.5 Å². The van der Waals surface area contributed by atoms with Crippen LogP contribution in [0.1, 0.15) is 26.3 Å². The molecule has 2 N–H and O–H groups in total. The molecule has 0 aliphatic rings. The van der Waals surface area contributed by atoms with Gasteiger partial charge in [0.1, 0.15) is 0 Å². The Labute approximate surface area is 195 Å². The molecule has 0 saturated heterocycles. The van der Waals surface area contributed by atoms with Crippen LogP contribution in [0.2, 0.25) is 5.02 Å². The fraction of sp³-hybridized carbons (Fsp3) is 0.0833. The predicted molar refractivity (Wildman–Crippen MR) is 124 cm³/mol. The van der Waals surface area contributed by atoms with Crippen molar-refractivity contribution < 1.29 is 23.9 Å². The lowest BCUT2D eigenvalue weighted by Gasteiger charge is -2.10. The second kappa shape index (κ2) is 11.4. The number of carbonyl (C=O) groups excluding carboxylic acids is 3. The highest BCUT2D eigenvalue weighted by Gasteiger charge is 2.13. The minimum atomic E-state index is -0.521. The van der Waals surface area contributed by atoms with E-state index in [2.05, 4.69) is 15.8 Å². The van der Waals surface area contributed by atoms with E-state index < -0.39 is 17.8 Å². The molecule has 168 valence electrons. The number of hydrazone groups is 1. The Balaban J connectivity index is 1.54.